The maximum atomic E-state index is 10.7. The lowest BCUT2D eigenvalue weighted by Crippen LogP contribution is -2.41. The first-order valence-corrected chi connectivity index (χ1v) is 3.42. The Kier molecular flexibility index (Phi) is 5.06. The van der Waals surface area contributed by atoms with Gasteiger partial charge in [0.05, 0.1) is 6.54 Å². The molecule has 0 aliphatic rings. The van der Waals surface area contributed by atoms with E-state index in [1.807, 2.05) is 0 Å². The predicted molar refractivity (Wildman–Crippen MR) is 42.5 cm³/mol. The Balaban J connectivity index is 3.40. The zero-order chi connectivity index (χ0) is 9.56. The molecule has 12 heavy (non-hydrogen) atoms. The van der Waals surface area contributed by atoms with Gasteiger partial charge in [-0.15, -0.1) is 0 Å². The van der Waals surface area contributed by atoms with Crippen LogP contribution >= 0.6 is 0 Å². The van der Waals surface area contributed by atoms with Gasteiger partial charge in [-0.3, -0.25) is 9.59 Å². The molecule has 0 bridgehead atoms. The zero-order valence-corrected chi connectivity index (χ0v) is 6.70. The maximum Gasteiger partial charge on any atom is 0.374 e. The standard InChI is InChI=1S/C5H11BN2O4/c1-6(12)8-2-4(9)7-3-5(10)11/h8,12H,2-3H2,1H3,(H,7,9)(H,10,11). The minimum absolute atomic E-state index is 0.0923. The molecule has 0 aromatic carbocycles. The zero-order valence-electron chi connectivity index (χ0n) is 6.70. The molecule has 0 saturated heterocycles. The normalized spacial score (nSPS) is 9.17. The van der Waals surface area contributed by atoms with Gasteiger partial charge in [-0.05, 0) is 6.82 Å². The van der Waals surface area contributed by atoms with Crippen molar-refractivity contribution in [1.29, 1.82) is 0 Å². The predicted octanol–water partition coefficient (Wildman–Crippen LogP) is -2.11. The minimum atomic E-state index is -1.10. The number of hydrogen-bond donors (Lipinski definition) is 4. The van der Waals surface area contributed by atoms with E-state index in [1.165, 1.54) is 6.82 Å². The van der Waals surface area contributed by atoms with Crippen molar-refractivity contribution in [2.24, 2.45) is 0 Å². The molecule has 7 heteroatoms. The van der Waals surface area contributed by atoms with Crippen LogP contribution in [0.25, 0.3) is 0 Å². The van der Waals surface area contributed by atoms with E-state index >= 15 is 0 Å². The second-order valence-corrected chi connectivity index (χ2v) is 2.23. The van der Waals surface area contributed by atoms with E-state index in [0.29, 0.717) is 0 Å². The van der Waals surface area contributed by atoms with E-state index in [2.05, 4.69) is 10.5 Å². The van der Waals surface area contributed by atoms with Crippen molar-refractivity contribution >= 4 is 18.9 Å². The summed E-state index contributed by atoms with van der Waals surface area (Å²) in [6, 6.07) is 0. The van der Waals surface area contributed by atoms with Crippen LogP contribution in [0.15, 0.2) is 0 Å². The molecule has 1 amide bonds. The highest BCUT2D eigenvalue weighted by atomic mass is 16.4. The van der Waals surface area contributed by atoms with Gasteiger partial charge in [-0.1, -0.05) is 0 Å². The summed E-state index contributed by atoms with van der Waals surface area (Å²) >= 11 is 0. The van der Waals surface area contributed by atoms with E-state index in [-0.39, 0.29) is 6.54 Å². The molecule has 0 aliphatic heterocycles. The van der Waals surface area contributed by atoms with Crippen molar-refractivity contribution in [3.05, 3.63) is 0 Å². The van der Waals surface area contributed by atoms with Crippen LogP contribution in [-0.2, 0) is 9.59 Å². The van der Waals surface area contributed by atoms with Crippen LogP contribution in [0.5, 0.6) is 0 Å². The number of carbonyl (C=O) groups excluding carboxylic acids is 1. The number of rotatable bonds is 5. The van der Waals surface area contributed by atoms with Crippen LogP contribution in [-0.4, -0.2) is 42.1 Å². The smallest absolute Gasteiger partial charge is 0.374 e. The largest absolute Gasteiger partial charge is 0.480 e. The number of amides is 1. The van der Waals surface area contributed by atoms with Crippen LogP contribution < -0.4 is 10.5 Å². The van der Waals surface area contributed by atoms with E-state index in [9.17, 15) is 9.59 Å². The minimum Gasteiger partial charge on any atom is -0.480 e. The number of carboxylic acids is 1. The van der Waals surface area contributed by atoms with Crippen molar-refractivity contribution < 1.29 is 19.7 Å². The lowest BCUT2D eigenvalue weighted by molar-refractivity contribution is -0.137. The fraction of sp³-hybridized carbons (Fsp3) is 0.600. The first-order chi connectivity index (χ1) is 5.52. The molecule has 0 unspecified atom stereocenters. The Morgan fingerprint density at radius 3 is 2.42 bits per heavy atom. The van der Waals surface area contributed by atoms with Crippen LogP contribution in [0, 0.1) is 0 Å². The highest BCUT2D eigenvalue weighted by Crippen LogP contribution is 1.68. The Labute approximate surface area is 70.1 Å². The first kappa shape index (κ1) is 10.9. The monoisotopic (exact) mass is 174 g/mol. The molecule has 0 heterocycles. The van der Waals surface area contributed by atoms with Gasteiger partial charge in [-0.25, -0.2) is 0 Å². The third-order valence-electron chi connectivity index (χ3n) is 0.995. The molecule has 0 aromatic heterocycles. The van der Waals surface area contributed by atoms with E-state index in [0.717, 1.165) is 0 Å². The molecule has 0 aliphatic carbocycles. The molecule has 0 aromatic rings. The number of hydrogen-bond acceptors (Lipinski definition) is 4. The van der Waals surface area contributed by atoms with Gasteiger partial charge in [0, 0.05) is 0 Å². The van der Waals surface area contributed by atoms with Gasteiger partial charge in [0.1, 0.15) is 6.54 Å². The van der Waals surface area contributed by atoms with Crippen LogP contribution in [0.1, 0.15) is 0 Å². The van der Waals surface area contributed by atoms with Gasteiger partial charge >= 0.3 is 13.0 Å². The molecule has 4 N–H and O–H groups in total. The van der Waals surface area contributed by atoms with Gasteiger partial charge in [-0.2, -0.15) is 0 Å². The molecule has 0 atom stereocenters. The Hall–Kier alpha value is -1.08. The molecule has 0 saturated carbocycles. The molecule has 68 valence electrons. The fourth-order valence-electron chi connectivity index (χ4n) is 0.477. The summed E-state index contributed by atoms with van der Waals surface area (Å²) in [5, 5.41) is 21.4. The van der Waals surface area contributed by atoms with Gasteiger partial charge in [0.15, 0.2) is 0 Å². The number of aliphatic carboxylic acids is 1. The van der Waals surface area contributed by atoms with Crippen LogP contribution in [0.3, 0.4) is 0 Å². The molecule has 0 fully saturated rings. The van der Waals surface area contributed by atoms with Gasteiger partial charge in [0.25, 0.3) is 0 Å². The van der Waals surface area contributed by atoms with E-state index < -0.39 is 25.5 Å². The topological polar surface area (TPSA) is 98.7 Å². The molecule has 0 rings (SSSR count). The third-order valence-corrected chi connectivity index (χ3v) is 0.995. The number of carbonyl (C=O) groups is 2. The lowest BCUT2D eigenvalue weighted by Gasteiger charge is -2.03. The molecule has 0 radical (unpaired) electrons. The third kappa shape index (κ3) is 7.04. The summed E-state index contributed by atoms with van der Waals surface area (Å²) in [6.07, 6.45) is 0. The number of nitrogens with one attached hydrogen (secondary N) is 2. The van der Waals surface area contributed by atoms with Crippen molar-refractivity contribution in [3.8, 4) is 0 Å². The van der Waals surface area contributed by atoms with Crippen molar-refractivity contribution in [3.63, 3.8) is 0 Å². The summed E-state index contributed by atoms with van der Waals surface area (Å²) in [4.78, 5) is 20.7. The molecule has 6 nitrogen and oxygen atoms in total. The molecule has 0 spiro atoms. The second-order valence-electron chi connectivity index (χ2n) is 2.23. The lowest BCUT2D eigenvalue weighted by atomic mass is 9.89. The highest BCUT2D eigenvalue weighted by Gasteiger charge is 2.06. The van der Waals surface area contributed by atoms with E-state index in [4.69, 9.17) is 10.1 Å². The Morgan fingerprint density at radius 2 is 2.00 bits per heavy atom. The summed E-state index contributed by atoms with van der Waals surface area (Å²) < 4.78 is 0. The van der Waals surface area contributed by atoms with Crippen LogP contribution in [0.4, 0.5) is 0 Å². The summed E-state index contributed by atoms with van der Waals surface area (Å²) in [6.45, 7) is 0.968. The van der Waals surface area contributed by atoms with Crippen molar-refractivity contribution in [2.45, 2.75) is 6.82 Å². The SMILES string of the molecule is CB(O)NCC(=O)NCC(=O)O. The molecular formula is C5H11BN2O4. The fourth-order valence-corrected chi connectivity index (χ4v) is 0.477. The second kappa shape index (κ2) is 5.56. The van der Waals surface area contributed by atoms with Crippen molar-refractivity contribution in [1.82, 2.24) is 10.5 Å². The average molecular weight is 174 g/mol. The quantitative estimate of drug-likeness (QED) is 0.357. The van der Waals surface area contributed by atoms with Gasteiger partial charge < -0.3 is 20.7 Å². The van der Waals surface area contributed by atoms with Crippen LogP contribution in [0.2, 0.25) is 6.82 Å². The Bertz CT molecular complexity index is 173. The molecular weight excluding hydrogens is 163 g/mol. The Morgan fingerprint density at radius 1 is 1.42 bits per heavy atom. The summed E-state index contributed by atoms with van der Waals surface area (Å²) in [7, 11) is -0.777. The van der Waals surface area contributed by atoms with Crippen molar-refractivity contribution in [2.75, 3.05) is 13.1 Å². The first-order valence-electron chi connectivity index (χ1n) is 3.42. The van der Waals surface area contributed by atoms with Gasteiger partial charge in [0.2, 0.25) is 5.91 Å². The van der Waals surface area contributed by atoms with E-state index in [1.54, 1.807) is 0 Å². The number of carboxylic acid groups (broad SMARTS) is 1. The average Bonchev–Trinajstić information content (AvgIpc) is 1.96. The summed E-state index contributed by atoms with van der Waals surface area (Å²) in [5.41, 5.74) is 0. The summed E-state index contributed by atoms with van der Waals surface area (Å²) in [5.74, 6) is -1.56. The highest BCUT2D eigenvalue weighted by molar-refractivity contribution is 6.45. The maximum absolute atomic E-state index is 10.7.